The van der Waals surface area contributed by atoms with Crippen molar-refractivity contribution in [3.8, 4) is 0 Å². The van der Waals surface area contributed by atoms with Gasteiger partial charge in [0.15, 0.2) is 5.82 Å². The fourth-order valence-corrected chi connectivity index (χ4v) is 1.37. The average molecular weight is 241 g/mol. The summed E-state index contributed by atoms with van der Waals surface area (Å²) >= 11 is 0. The van der Waals surface area contributed by atoms with E-state index < -0.39 is 0 Å². The molecule has 0 saturated carbocycles. The summed E-state index contributed by atoms with van der Waals surface area (Å²) in [6.45, 7) is 2.06. The molecule has 1 rings (SSSR count). The van der Waals surface area contributed by atoms with Gasteiger partial charge in [-0.25, -0.2) is 5.06 Å². The van der Waals surface area contributed by atoms with Gasteiger partial charge in [-0.3, -0.25) is 9.63 Å². The number of hydroxylamine groups is 2. The number of hydrogen-bond donors (Lipinski definition) is 0. The Hall–Kier alpha value is -1.43. The molecule has 0 aliphatic rings. The topological polar surface area (TPSA) is 68.5 Å². The van der Waals surface area contributed by atoms with Crippen LogP contribution < -0.4 is 0 Å². The lowest BCUT2D eigenvalue weighted by atomic mass is 10.2. The zero-order valence-corrected chi connectivity index (χ0v) is 10.6. The van der Waals surface area contributed by atoms with Gasteiger partial charge in [0.1, 0.15) is 0 Å². The minimum Gasteiger partial charge on any atom is -0.339 e. The summed E-state index contributed by atoms with van der Waals surface area (Å²) in [5.74, 6) is 1.28. The first-order chi connectivity index (χ1) is 8.17. The number of rotatable bonds is 7. The highest BCUT2D eigenvalue weighted by Gasteiger charge is 2.10. The highest BCUT2D eigenvalue weighted by Crippen LogP contribution is 2.05. The molecule has 0 spiro atoms. The first-order valence-electron chi connectivity index (χ1n) is 5.79. The van der Waals surface area contributed by atoms with Crippen molar-refractivity contribution in [2.45, 2.75) is 39.0 Å². The molecule has 0 N–H and O–H groups in total. The van der Waals surface area contributed by atoms with Gasteiger partial charge in [0.2, 0.25) is 11.8 Å². The van der Waals surface area contributed by atoms with Crippen molar-refractivity contribution in [1.82, 2.24) is 15.2 Å². The van der Waals surface area contributed by atoms with E-state index in [0.29, 0.717) is 25.2 Å². The fraction of sp³-hybridized carbons (Fsp3) is 0.727. The van der Waals surface area contributed by atoms with Gasteiger partial charge < -0.3 is 4.52 Å². The number of nitrogens with zero attached hydrogens (tertiary/aromatic N) is 3. The number of carbonyl (C=O) groups is 1. The molecule has 0 aromatic carbocycles. The molecule has 1 heterocycles. The van der Waals surface area contributed by atoms with Gasteiger partial charge >= 0.3 is 0 Å². The third-order valence-electron chi connectivity index (χ3n) is 2.39. The minimum atomic E-state index is -0.0548. The van der Waals surface area contributed by atoms with Crippen LogP contribution >= 0.6 is 0 Å². The predicted molar refractivity (Wildman–Crippen MR) is 61.0 cm³/mol. The Balaban J connectivity index is 2.28. The molecule has 6 nitrogen and oxygen atoms in total. The first kappa shape index (κ1) is 13.6. The molecule has 0 atom stereocenters. The Bertz CT molecular complexity index is 351. The third kappa shape index (κ3) is 4.52. The fourth-order valence-electron chi connectivity index (χ4n) is 1.37. The molecule has 1 aromatic rings. The standard InChI is InChI=1S/C11H19N3O3/c1-4-6-9-12-10(17-13-9)7-5-8-11(15)14(2)16-3/h4-8H2,1-3H3. The lowest BCUT2D eigenvalue weighted by Gasteiger charge is -2.12. The van der Waals surface area contributed by atoms with Crippen LogP contribution in [0.3, 0.4) is 0 Å². The molecule has 96 valence electrons. The molecule has 0 saturated heterocycles. The Morgan fingerprint density at radius 2 is 2.24 bits per heavy atom. The van der Waals surface area contributed by atoms with Crippen molar-refractivity contribution in [1.29, 1.82) is 0 Å². The number of hydrogen-bond acceptors (Lipinski definition) is 5. The van der Waals surface area contributed by atoms with Crippen LogP contribution in [0.5, 0.6) is 0 Å². The summed E-state index contributed by atoms with van der Waals surface area (Å²) < 4.78 is 5.07. The Morgan fingerprint density at radius 1 is 1.47 bits per heavy atom. The molecule has 1 aromatic heterocycles. The normalized spacial score (nSPS) is 10.5. The van der Waals surface area contributed by atoms with E-state index >= 15 is 0 Å². The molecule has 0 fully saturated rings. The van der Waals surface area contributed by atoms with Crippen molar-refractivity contribution in [2.75, 3.05) is 14.2 Å². The van der Waals surface area contributed by atoms with Crippen molar-refractivity contribution < 1.29 is 14.2 Å². The lowest BCUT2D eigenvalue weighted by molar-refractivity contribution is -0.168. The SMILES string of the molecule is CCCc1noc(CCCC(=O)N(C)OC)n1. The van der Waals surface area contributed by atoms with Gasteiger partial charge in [0, 0.05) is 26.3 Å². The van der Waals surface area contributed by atoms with Crippen LogP contribution in [0.15, 0.2) is 4.52 Å². The van der Waals surface area contributed by atoms with Crippen LogP contribution in [0.4, 0.5) is 0 Å². The van der Waals surface area contributed by atoms with E-state index in [1.54, 1.807) is 7.05 Å². The predicted octanol–water partition coefficient (Wildman–Crippen LogP) is 1.36. The van der Waals surface area contributed by atoms with Crippen molar-refractivity contribution >= 4 is 5.91 Å². The maximum absolute atomic E-state index is 11.4. The van der Waals surface area contributed by atoms with E-state index in [0.717, 1.165) is 18.7 Å². The van der Waals surface area contributed by atoms with Crippen molar-refractivity contribution in [3.05, 3.63) is 11.7 Å². The minimum absolute atomic E-state index is 0.0548. The van der Waals surface area contributed by atoms with E-state index in [1.165, 1.54) is 12.2 Å². The lowest BCUT2D eigenvalue weighted by Crippen LogP contribution is -2.25. The van der Waals surface area contributed by atoms with E-state index in [2.05, 4.69) is 17.1 Å². The molecule has 0 bridgehead atoms. The van der Waals surface area contributed by atoms with Gasteiger partial charge in [-0.2, -0.15) is 4.98 Å². The van der Waals surface area contributed by atoms with E-state index in [4.69, 9.17) is 9.36 Å². The summed E-state index contributed by atoms with van der Waals surface area (Å²) in [7, 11) is 3.06. The van der Waals surface area contributed by atoms with Gasteiger partial charge in [-0.15, -0.1) is 0 Å². The Labute approximate surface area is 101 Å². The van der Waals surface area contributed by atoms with Crippen LogP contribution in [0.25, 0.3) is 0 Å². The second-order valence-corrected chi connectivity index (χ2v) is 3.78. The number of amides is 1. The average Bonchev–Trinajstić information content (AvgIpc) is 2.76. The molecule has 0 unspecified atom stereocenters. The zero-order valence-electron chi connectivity index (χ0n) is 10.6. The van der Waals surface area contributed by atoms with Gasteiger partial charge in [-0.1, -0.05) is 12.1 Å². The van der Waals surface area contributed by atoms with Crippen LogP contribution in [0, 0.1) is 0 Å². The summed E-state index contributed by atoms with van der Waals surface area (Å²) in [4.78, 5) is 20.4. The highest BCUT2D eigenvalue weighted by molar-refractivity contribution is 5.74. The molecule has 1 amide bonds. The van der Waals surface area contributed by atoms with E-state index in [-0.39, 0.29) is 5.91 Å². The zero-order chi connectivity index (χ0) is 12.7. The summed E-state index contributed by atoms with van der Waals surface area (Å²) in [5, 5.41) is 5.07. The quantitative estimate of drug-likeness (QED) is 0.674. The molecular formula is C11H19N3O3. The molecule has 0 aliphatic heterocycles. The Morgan fingerprint density at radius 3 is 2.88 bits per heavy atom. The van der Waals surface area contributed by atoms with E-state index in [9.17, 15) is 4.79 Å². The second-order valence-electron chi connectivity index (χ2n) is 3.78. The highest BCUT2D eigenvalue weighted by atomic mass is 16.7. The molecule has 0 aliphatic carbocycles. The van der Waals surface area contributed by atoms with Gasteiger partial charge in [0.25, 0.3) is 0 Å². The number of aryl methyl sites for hydroxylation is 2. The molecule has 17 heavy (non-hydrogen) atoms. The first-order valence-corrected chi connectivity index (χ1v) is 5.79. The summed E-state index contributed by atoms with van der Waals surface area (Å²) in [6.07, 6.45) is 3.54. The molecule has 6 heteroatoms. The van der Waals surface area contributed by atoms with Gasteiger partial charge in [0.05, 0.1) is 7.11 Å². The van der Waals surface area contributed by atoms with Crippen LogP contribution in [-0.4, -0.2) is 35.3 Å². The van der Waals surface area contributed by atoms with Crippen LogP contribution in [0.2, 0.25) is 0 Å². The number of aromatic nitrogens is 2. The van der Waals surface area contributed by atoms with Gasteiger partial charge in [-0.05, 0) is 12.8 Å². The largest absolute Gasteiger partial charge is 0.339 e. The van der Waals surface area contributed by atoms with Crippen molar-refractivity contribution in [2.24, 2.45) is 0 Å². The van der Waals surface area contributed by atoms with E-state index in [1.807, 2.05) is 0 Å². The third-order valence-corrected chi connectivity index (χ3v) is 2.39. The molecule has 0 radical (unpaired) electrons. The smallest absolute Gasteiger partial charge is 0.245 e. The maximum Gasteiger partial charge on any atom is 0.245 e. The summed E-state index contributed by atoms with van der Waals surface area (Å²) in [6, 6.07) is 0. The molecular weight excluding hydrogens is 222 g/mol. The maximum atomic E-state index is 11.4. The van der Waals surface area contributed by atoms with Crippen molar-refractivity contribution in [3.63, 3.8) is 0 Å². The summed E-state index contributed by atoms with van der Waals surface area (Å²) in [5.41, 5.74) is 0. The van der Waals surface area contributed by atoms with Crippen LogP contribution in [0.1, 0.15) is 37.9 Å². The Kier molecular flexibility index (Phi) is 5.62. The van der Waals surface area contributed by atoms with Crippen LogP contribution in [-0.2, 0) is 22.5 Å². The monoisotopic (exact) mass is 241 g/mol. The second kappa shape index (κ2) is 7.01. The number of carbonyl (C=O) groups excluding carboxylic acids is 1.